The van der Waals surface area contributed by atoms with E-state index in [0.717, 1.165) is 19.5 Å². The zero-order valence-corrected chi connectivity index (χ0v) is 9.20. The molecule has 0 aromatic carbocycles. The molecule has 0 spiro atoms. The van der Waals surface area contributed by atoms with Crippen LogP contribution in [0.25, 0.3) is 0 Å². The van der Waals surface area contributed by atoms with Crippen LogP contribution in [0.1, 0.15) is 41.0 Å². The first kappa shape index (κ1) is 11.9. The van der Waals surface area contributed by atoms with E-state index < -0.39 is 0 Å². The highest BCUT2D eigenvalue weighted by Gasteiger charge is 2.22. The summed E-state index contributed by atoms with van der Waals surface area (Å²) < 4.78 is 0. The predicted octanol–water partition coefficient (Wildman–Crippen LogP) is 1.75. The van der Waals surface area contributed by atoms with Gasteiger partial charge in [-0.05, 0) is 39.2 Å². The summed E-state index contributed by atoms with van der Waals surface area (Å²) in [6, 6.07) is 0. The van der Waals surface area contributed by atoms with E-state index in [2.05, 4.69) is 39.9 Å². The van der Waals surface area contributed by atoms with Crippen molar-refractivity contribution in [2.45, 2.75) is 46.6 Å². The summed E-state index contributed by atoms with van der Waals surface area (Å²) in [7, 11) is 0. The zero-order chi connectivity index (χ0) is 9.83. The number of hydrogen-bond acceptors (Lipinski definition) is 2. The molecule has 0 aliphatic heterocycles. The van der Waals surface area contributed by atoms with Gasteiger partial charge in [-0.1, -0.05) is 13.8 Å². The average Bonchev–Trinajstić information content (AvgIpc) is 1.99. The number of hydrogen-bond donors (Lipinski definition) is 2. The first-order valence-corrected chi connectivity index (χ1v) is 4.78. The second-order valence-electron chi connectivity index (χ2n) is 4.97. The molecule has 12 heavy (non-hydrogen) atoms. The predicted molar refractivity (Wildman–Crippen MR) is 55.2 cm³/mol. The molecule has 0 fully saturated rings. The van der Waals surface area contributed by atoms with Gasteiger partial charge in [0, 0.05) is 12.1 Å². The van der Waals surface area contributed by atoms with Gasteiger partial charge in [-0.25, -0.2) is 0 Å². The largest absolute Gasteiger partial charge is 0.330 e. The van der Waals surface area contributed by atoms with Crippen LogP contribution in [0.15, 0.2) is 0 Å². The lowest BCUT2D eigenvalue weighted by molar-refractivity contribution is 0.265. The molecule has 0 amide bonds. The standard InChI is InChI=1S/C10H24N2/c1-6-10(5,7-11)8-12-9(2,3)4/h12H,6-8,11H2,1-5H3. The van der Waals surface area contributed by atoms with E-state index in [1.165, 1.54) is 0 Å². The van der Waals surface area contributed by atoms with Crippen LogP contribution in [-0.4, -0.2) is 18.6 Å². The van der Waals surface area contributed by atoms with E-state index in [0.29, 0.717) is 0 Å². The maximum Gasteiger partial charge on any atom is 0.00967 e. The Kier molecular flexibility index (Phi) is 4.21. The quantitative estimate of drug-likeness (QED) is 0.678. The molecule has 0 aromatic rings. The Morgan fingerprint density at radius 1 is 1.17 bits per heavy atom. The molecule has 0 rings (SSSR count). The molecule has 1 unspecified atom stereocenters. The van der Waals surface area contributed by atoms with Crippen molar-refractivity contribution in [3.8, 4) is 0 Å². The highest BCUT2D eigenvalue weighted by molar-refractivity contribution is 4.80. The fourth-order valence-electron chi connectivity index (χ4n) is 0.820. The smallest absolute Gasteiger partial charge is 0.00967 e. The third-order valence-electron chi connectivity index (χ3n) is 2.39. The van der Waals surface area contributed by atoms with Gasteiger partial charge in [0.2, 0.25) is 0 Å². The van der Waals surface area contributed by atoms with E-state index in [1.807, 2.05) is 0 Å². The van der Waals surface area contributed by atoms with Crippen LogP contribution >= 0.6 is 0 Å². The molecule has 0 saturated carbocycles. The highest BCUT2D eigenvalue weighted by atomic mass is 15.0. The number of rotatable bonds is 4. The summed E-state index contributed by atoms with van der Waals surface area (Å²) in [6.45, 7) is 12.7. The molecule has 0 saturated heterocycles. The molecule has 2 nitrogen and oxygen atoms in total. The molecule has 0 aliphatic carbocycles. The number of nitrogens with one attached hydrogen (secondary N) is 1. The normalized spacial score (nSPS) is 17.5. The Morgan fingerprint density at radius 2 is 1.67 bits per heavy atom. The van der Waals surface area contributed by atoms with E-state index in [9.17, 15) is 0 Å². The summed E-state index contributed by atoms with van der Waals surface area (Å²) in [5.41, 5.74) is 6.16. The molecule has 0 radical (unpaired) electrons. The Balaban J connectivity index is 3.89. The van der Waals surface area contributed by atoms with Gasteiger partial charge in [0.25, 0.3) is 0 Å². The van der Waals surface area contributed by atoms with Crippen molar-refractivity contribution < 1.29 is 0 Å². The maximum absolute atomic E-state index is 5.71. The van der Waals surface area contributed by atoms with Crippen LogP contribution in [0.5, 0.6) is 0 Å². The second-order valence-corrected chi connectivity index (χ2v) is 4.97. The van der Waals surface area contributed by atoms with Crippen molar-refractivity contribution in [2.75, 3.05) is 13.1 Å². The molecular weight excluding hydrogens is 148 g/mol. The van der Waals surface area contributed by atoms with Crippen molar-refractivity contribution in [1.82, 2.24) is 5.32 Å². The van der Waals surface area contributed by atoms with Gasteiger partial charge in [-0.15, -0.1) is 0 Å². The van der Waals surface area contributed by atoms with E-state index in [-0.39, 0.29) is 11.0 Å². The van der Waals surface area contributed by atoms with Crippen molar-refractivity contribution in [2.24, 2.45) is 11.1 Å². The summed E-state index contributed by atoms with van der Waals surface area (Å²) in [6.07, 6.45) is 1.13. The minimum atomic E-state index is 0.200. The molecule has 0 heterocycles. The summed E-state index contributed by atoms with van der Waals surface area (Å²) in [4.78, 5) is 0. The van der Waals surface area contributed by atoms with Gasteiger partial charge in [-0.3, -0.25) is 0 Å². The summed E-state index contributed by atoms with van der Waals surface area (Å²) in [5.74, 6) is 0. The maximum atomic E-state index is 5.71. The van der Waals surface area contributed by atoms with Crippen LogP contribution in [-0.2, 0) is 0 Å². The Labute approximate surface area is 76.9 Å². The monoisotopic (exact) mass is 172 g/mol. The van der Waals surface area contributed by atoms with Gasteiger partial charge in [-0.2, -0.15) is 0 Å². The van der Waals surface area contributed by atoms with Crippen LogP contribution < -0.4 is 11.1 Å². The van der Waals surface area contributed by atoms with Gasteiger partial charge >= 0.3 is 0 Å². The van der Waals surface area contributed by atoms with Gasteiger partial charge in [0.1, 0.15) is 0 Å². The summed E-state index contributed by atoms with van der Waals surface area (Å²) >= 11 is 0. The third-order valence-corrected chi connectivity index (χ3v) is 2.39. The topological polar surface area (TPSA) is 38.0 Å². The van der Waals surface area contributed by atoms with Crippen molar-refractivity contribution in [1.29, 1.82) is 0 Å². The fourth-order valence-corrected chi connectivity index (χ4v) is 0.820. The van der Waals surface area contributed by atoms with Crippen LogP contribution in [0.3, 0.4) is 0 Å². The summed E-state index contributed by atoms with van der Waals surface area (Å²) in [5, 5.41) is 3.48. The van der Waals surface area contributed by atoms with Crippen molar-refractivity contribution in [3.05, 3.63) is 0 Å². The Hall–Kier alpha value is -0.0800. The molecular formula is C10H24N2. The van der Waals surface area contributed by atoms with Gasteiger partial charge in [0.05, 0.1) is 0 Å². The molecule has 0 aromatic heterocycles. The molecule has 0 bridgehead atoms. The Bertz CT molecular complexity index is 120. The third kappa shape index (κ3) is 4.73. The second kappa shape index (κ2) is 4.24. The molecule has 74 valence electrons. The van der Waals surface area contributed by atoms with E-state index >= 15 is 0 Å². The lowest BCUT2D eigenvalue weighted by Crippen LogP contribution is -2.45. The van der Waals surface area contributed by atoms with E-state index in [4.69, 9.17) is 5.73 Å². The minimum Gasteiger partial charge on any atom is -0.330 e. The molecule has 0 aliphatic rings. The highest BCUT2D eigenvalue weighted by Crippen LogP contribution is 2.18. The molecule has 3 N–H and O–H groups in total. The molecule has 2 heteroatoms. The van der Waals surface area contributed by atoms with Crippen molar-refractivity contribution in [3.63, 3.8) is 0 Å². The Morgan fingerprint density at radius 3 is 1.92 bits per heavy atom. The van der Waals surface area contributed by atoms with Crippen LogP contribution in [0.2, 0.25) is 0 Å². The lowest BCUT2D eigenvalue weighted by atomic mass is 9.87. The SMILES string of the molecule is CCC(C)(CN)CNC(C)(C)C. The van der Waals surface area contributed by atoms with Gasteiger partial charge in [0.15, 0.2) is 0 Å². The lowest BCUT2D eigenvalue weighted by Gasteiger charge is -2.31. The van der Waals surface area contributed by atoms with Crippen LogP contribution in [0.4, 0.5) is 0 Å². The van der Waals surface area contributed by atoms with Crippen molar-refractivity contribution >= 4 is 0 Å². The minimum absolute atomic E-state index is 0.200. The average molecular weight is 172 g/mol. The van der Waals surface area contributed by atoms with Crippen LogP contribution in [0, 0.1) is 5.41 Å². The van der Waals surface area contributed by atoms with Gasteiger partial charge < -0.3 is 11.1 Å². The zero-order valence-electron chi connectivity index (χ0n) is 9.20. The fraction of sp³-hybridized carbons (Fsp3) is 1.00. The first-order chi connectivity index (χ1) is 5.33. The first-order valence-electron chi connectivity index (χ1n) is 4.78. The number of nitrogens with two attached hydrogens (primary N) is 1. The van der Waals surface area contributed by atoms with E-state index in [1.54, 1.807) is 0 Å². The molecule has 1 atom stereocenters.